The Balaban J connectivity index is 1.61. The number of nitrogens with zero attached hydrogens (tertiary/aromatic N) is 1. The molecule has 1 aliphatic rings. The van der Waals surface area contributed by atoms with Crippen LogP contribution in [0.5, 0.6) is 0 Å². The van der Waals surface area contributed by atoms with E-state index in [2.05, 4.69) is 15.6 Å². The summed E-state index contributed by atoms with van der Waals surface area (Å²) in [7, 11) is 0. The van der Waals surface area contributed by atoms with E-state index in [1.54, 1.807) is 30.5 Å². The van der Waals surface area contributed by atoms with Crippen molar-refractivity contribution in [2.45, 2.75) is 18.5 Å². The highest BCUT2D eigenvalue weighted by Gasteiger charge is 2.43. The second-order valence-corrected chi connectivity index (χ2v) is 8.64. The smallest absolute Gasteiger partial charge is 0.248 e. The van der Waals surface area contributed by atoms with Crippen molar-refractivity contribution in [3.05, 3.63) is 70.9 Å². The molecule has 5 N–H and O–H groups in total. The van der Waals surface area contributed by atoms with E-state index in [9.17, 15) is 19.2 Å². The van der Waals surface area contributed by atoms with Gasteiger partial charge in [0.05, 0.1) is 13.1 Å². The first-order valence-electron chi connectivity index (χ1n) is 10.7. The van der Waals surface area contributed by atoms with E-state index in [1.807, 2.05) is 24.3 Å². The van der Waals surface area contributed by atoms with Gasteiger partial charge < -0.3 is 26.3 Å². The fraction of sp³-hybridized carbons (Fsp3) is 0.250. The zero-order chi connectivity index (χ0) is 24.3. The van der Waals surface area contributed by atoms with E-state index in [0.717, 1.165) is 15.8 Å². The molecular formula is C24H24ClN5O4. The monoisotopic (exact) mass is 481 g/mol. The summed E-state index contributed by atoms with van der Waals surface area (Å²) in [6.45, 7) is -0.853. The number of H-pyrrole nitrogens is 1. The van der Waals surface area contributed by atoms with Crippen LogP contribution in [-0.2, 0) is 32.1 Å². The molecule has 0 radical (unpaired) electrons. The van der Waals surface area contributed by atoms with Gasteiger partial charge in [-0.05, 0) is 23.3 Å². The number of nitrogens with one attached hydrogen (secondary N) is 3. The average molecular weight is 482 g/mol. The number of rotatable bonds is 8. The van der Waals surface area contributed by atoms with E-state index in [-0.39, 0.29) is 32.0 Å². The quantitative estimate of drug-likeness (QED) is 0.354. The second kappa shape index (κ2) is 9.66. The molecule has 0 saturated carbocycles. The largest absolute Gasteiger partial charge is 0.361 e. The molecule has 1 aromatic heterocycles. The number of piperazine rings is 1. The molecule has 0 bridgehead atoms. The van der Waals surface area contributed by atoms with Crippen molar-refractivity contribution in [2.24, 2.45) is 5.73 Å². The number of aromatic amines is 1. The fourth-order valence-corrected chi connectivity index (χ4v) is 4.12. The normalized spacial score (nSPS) is 15.6. The van der Waals surface area contributed by atoms with Crippen LogP contribution in [0, 0.1) is 0 Å². The Hall–Kier alpha value is -3.69. The van der Waals surface area contributed by atoms with Crippen LogP contribution in [0.1, 0.15) is 11.1 Å². The molecule has 1 atom stereocenters. The number of aromatic nitrogens is 1. The Labute approximate surface area is 200 Å². The maximum atomic E-state index is 13.4. The van der Waals surface area contributed by atoms with Crippen molar-refractivity contribution in [2.75, 3.05) is 19.6 Å². The molecule has 3 aromatic rings. The van der Waals surface area contributed by atoms with E-state index < -0.39 is 29.7 Å². The predicted octanol–water partition coefficient (Wildman–Crippen LogP) is 0.905. The third-order valence-corrected chi connectivity index (χ3v) is 6.27. The van der Waals surface area contributed by atoms with E-state index in [1.165, 1.54) is 0 Å². The van der Waals surface area contributed by atoms with Crippen LogP contribution in [0.25, 0.3) is 10.9 Å². The SMILES string of the molecule is NC(Cc1c[nH]c2ccccc12)(C(=O)CN1CC(=O)NCC1=O)C(=O)NCc1ccccc1Cl. The highest BCUT2D eigenvalue weighted by molar-refractivity contribution is 6.31. The molecule has 2 aromatic carbocycles. The average Bonchev–Trinajstić information content (AvgIpc) is 3.23. The molecule has 1 aliphatic heterocycles. The summed E-state index contributed by atoms with van der Waals surface area (Å²) < 4.78 is 0. The van der Waals surface area contributed by atoms with Crippen LogP contribution in [0.4, 0.5) is 0 Å². The van der Waals surface area contributed by atoms with Gasteiger partial charge in [0.1, 0.15) is 6.54 Å². The van der Waals surface area contributed by atoms with Gasteiger partial charge in [0.2, 0.25) is 17.7 Å². The highest BCUT2D eigenvalue weighted by Crippen LogP contribution is 2.23. The van der Waals surface area contributed by atoms with E-state index in [0.29, 0.717) is 16.1 Å². The molecule has 3 amide bonds. The van der Waals surface area contributed by atoms with Crippen molar-refractivity contribution in [3.8, 4) is 0 Å². The maximum absolute atomic E-state index is 13.4. The molecule has 1 fully saturated rings. The summed E-state index contributed by atoms with van der Waals surface area (Å²) in [5.74, 6) is -2.16. The lowest BCUT2D eigenvalue weighted by Gasteiger charge is -2.31. The van der Waals surface area contributed by atoms with Crippen LogP contribution >= 0.6 is 11.6 Å². The maximum Gasteiger partial charge on any atom is 0.248 e. The van der Waals surface area contributed by atoms with Gasteiger partial charge in [0, 0.05) is 35.1 Å². The minimum absolute atomic E-state index is 0.0731. The van der Waals surface area contributed by atoms with Crippen LogP contribution in [0.2, 0.25) is 5.02 Å². The molecule has 2 heterocycles. The number of halogens is 1. The molecule has 0 aliphatic carbocycles. The number of amides is 3. The van der Waals surface area contributed by atoms with Gasteiger partial charge in [0.15, 0.2) is 11.3 Å². The molecule has 34 heavy (non-hydrogen) atoms. The summed E-state index contributed by atoms with van der Waals surface area (Å²) in [5.41, 5.74) is 6.72. The Bertz CT molecular complexity index is 1270. The molecule has 1 unspecified atom stereocenters. The Morgan fingerprint density at radius 2 is 1.82 bits per heavy atom. The lowest BCUT2D eigenvalue weighted by molar-refractivity contribution is -0.145. The predicted molar refractivity (Wildman–Crippen MR) is 127 cm³/mol. The third-order valence-electron chi connectivity index (χ3n) is 5.90. The first kappa shape index (κ1) is 23.5. The van der Waals surface area contributed by atoms with Crippen molar-refractivity contribution in [3.63, 3.8) is 0 Å². The number of carbonyl (C=O) groups is 4. The molecular weight excluding hydrogens is 458 g/mol. The summed E-state index contributed by atoms with van der Waals surface area (Å²) in [6.07, 6.45) is 1.61. The third kappa shape index (κ3) is 4.80. The molecule has 9 nitrogen and oxygen atoms in total. The summed E-state index contributed by atoms with van der Waals surface area (Å²) >= 11 is 6.19. The van der Waals surface area contributed by atoms with Crippen molar-refractivity contribution < 1.29 is 19.2 Å². The Morgan fingerprint density at radius 1 is 1.09 bits per heavy atom. The van der Waals surface area contributed by atoms with Gasteiger partial charge in [-0.1, -0.05) is 48.0 Å². The first-order valence-corrected chi connectivity index (χ1v) is 11.1. The zero-order valence-corrected chi connectivity index (χ0v) is 19.0. The summed E-state index contributed by atoms with van der Waals surface area (Å²) in [6, 6.07) is 14.5. The molecule has 4 rings (SSSR count). The minimum atomic E-state index is -1.99. The molecule has 0 spiro atoms. The van der Waals surface area contributed by atoms with Crippen LogP contribution in [-0.4, -0.2) is 58.6 Å². The van der Waals surface area contributed by atoms with Gasteiger partial charge in [-0.2, -0.15) is 0 Å². The van der Waals surface area contributed by atoms with E-state index >= 15 is 0 Å². The van der Waals surface area contributed by atoms with Crippen molar-refractivity contribution in [1.82, 2.24) is 20.5 Å². The number of Topliss-reactive ketones (excluding diaryl/α,β-unsaturated/α-hetero) is 1. The minimum Gasteiger partial charge on any atom is -0.361 e. The number of hydrogen-bond acceptors (Lipinski definition) is 5. The first-order chi connectivity index (χ1) is 16.3. The van der Waals surface area contributed by atoms with Crippen molar-refractivity contribution >= 4 is 46.0 Å². The number of carbonyl (C=O) groups excluding carboxylic acids is 4. The Kier molecular flexibility index (Phi) is 6.67. The standard InChI is InChI=1S/C24H24ClN5O4/c25-18-7-3-1-5-15(18)10-29-23(34)24(26,9-16-11-27-19-8-4-2-6-17(16)19)20(31)13-30-14-21(32)28-12-22(30)33/h1-8,11,27H,9-10,12-14,26H2,(H,28,32)(H,29,34). The number of benzene rings is 2. The lowest BCUT2D eigenvalue weighted by Crippen LogP contribution is -2.64. The van der Waals surface area contributed by atoms with Gasteiger partial charge in [0.25, 0.3) is 0 Å². The number of nitrogens with two attached hydrogens (primary N) is 1. The number of ketones is 1. The van der Waals surface area contributed by atoms with Gasteiger partial charge in [-0.15, -0.1) is 0 Å². The van der Waals surface area contributed by atoms with Crippen molar-refractivity contribution in [1.29, 1.82) is 0 Å². The summed E-state index contributed by atoms with van der Waals surface area (Å²) in [5, 5.41) is 6.45. The van der Waals surface area contributed by atoms with Crippen LogP contribution in [0.15, 0.2) is 54.7 Å². The Morgan fingerprint density at radius 3 is 2.62 bits per heavy atom. The zero-order valence-electron chi connectivity index (χ0n) is 18.3. The van der Waals surface area contributed by atoms with Crippen LogP contribution in [0.3, 0.4) is 0 Å². The van der Waals surface area contributed by atoms with Gasteiger partial charge >= 0.3 is 0 Å². The summed E-state index contributed by atoms with van der Waals surface area (Å²) in [4.78, 5) is 54.9. The topological polar surface area (TPSA) is 137 Å². The fourth-order valence-electron chi connectivity index (χ4n) is 3.92. The van der Waals surface area contributed by atoms with Gasteiger partial charge in [-0.25, -0.2) is 0 Å². The number of para-hydroxylation sites is 1. The lowest BCUT2D eigenvalue weighted by atomic mass is 9.85. The number of hydrogen-bond donors (Lipinski definition) is 4. The molecule has 10 heteroatoms. The van der Waals surface area contributed by atoms with Gasteiger partial charge in [-0.3, -0.25) is 19.2 Å². The molecule has 1 saturated heterocycles. The molecule has 176 valence electrons. The van der Waals surface area contributed by atoms with E-state index in [4.69, 9.17) is 17.3 Å². The highest BCUT2D eigenvalue weighted by atomic mass is 35.5. The second-order valence-electron chi connectivity index (χ2n) is 8.23. The van der Waals surface area contributed by atoms with Crippen LogP contribution < -0.4 is 16.4 Å². The number of fused-ring (bicyclic) bond motifs is 1.